The van der Waals surface area contributed by atoms with Gasteiger partial charge < -0.3 is 19.5 Å². The van der Waals surface area contributed by atoms with Gasteiger partial charge in [0.2, 0.25) is 0 Å². The summed E-state index contributed by atoms with van der Waals surface area (Å²) in [5.41, 5.74) is 3.54. The Morgan fingerprint density at radius 3 is 2.50 bits per heavy atom. The SMILES string of the molecule is COCCNCc1ccc(OCc2cccc(C)c2)c(OC)c1.Cl. The minimum absolute atomic E-state index is 0. The van der Waals surface area contributed by atoms with Crippen LogP contribution in [0, 0.1) is 6.92 Å². The molecule has 0 fully saturated rings. The first kappa shape index (κ1) is 20.3. The smallest absolute Gasteiger partial charge is 0.161 e. The molecule has 4 nitrogen and oxygen atoms in total. The van der Waals surface area contributed by atoms with Crippen LogP contribution in [0.1, 0.15) is 16.7 Å². The molecule has 0 aliphatic carbocycles. The highest BCUT2D eigenvalue weighted by Crippen LogP contribution is 2.28. The summed E-state index contributed by atoms with van der Waals surface area (Å²) in [4.78, 5) is 0. The molecule has 0 aromatic heterocycles. The maximum Gasteiger partial charge on any atom is 0.161 e. The van der Waals surface area contributed by atoms with E-state index in [0.717, 1.165) is 35.7 Å². The van der Waals surface area contributed by atoms with E-state index < -0.39 is 0 Å². The van der Waals surface area contributed by atoms with Crippen molar-refractivity contribution in [1.82, 2.24) is 5.32 Å². The number of halogens is 1. The average Bonchev–Trinajstić information content (AvgIpc) is 2.57. The van der Waals surface area contributed by atoms with Gasteiger partial charge in [0.15, 0.2) is 11.5 Å². The molecular formula is C19H26ClNO3. The van der Waals surface area contributed by atoms with Crippen LogP contribution in [0.15, 0.2) is 42.5 Å². The topological polar surface area (TPSA) is 39.7 Å². The molecule has 0 aliphatic rings. The lowest BCUT2D eigenvalue weighted by molar-refractivity contribution is 0.199. The van der Waals surface area contributed by atoms with Gasteiger partial charge in [-0.3, -0.25) is 0 Å². The van der Waals surface area contributed by atoms with Crippen molar-refractivity contribution in [2.45, 2.75) is 20.1 Å². The van der Waals surface area contributed by atoms with E-state index in [0.29, 0.717) is 13.2 Å². The minimum atomic E-state index is 0. The van der Waals surface area contributed by atoms with Gasteiger partial charge in [-0.25, -0.2) is 0 Å². The van der Waals surface area contributed by atoms with Crippen LogP contribution < -0.4 is 14.8 Å². The van der Waals surface area contributed by atoms with E-state index in [2.05, 4.69) is 30.4 Å². The van der Waals surface area contributed by atoms with Crippen LogP contribution in [0.4, 0.5) is 0 Å². The quantitative estimate of drug-likeness (QED) is 0.699. The maximum atomic E-state index is 5.90. The third-order valence-corrected chi connectivity index (χ3v) is 3.52. The fourth-order valence-corrected chi connectivity index (χ4v) is 2.31. The third-order valence-electron chi connectivity index (χ3n) is 3.52. The van der Waals surface area contributed by atoms with Crippen LogP contribution >= 0.6 is 12.4 Å². The Hall–Kier alpha value is -1.75. The normalized spacial score (nSPS) is 10.1. The van der Waals surface area contributed by atoms with Crippen molar-refractivity contribution in [3.63, 3.8) is 0 Å². The number of hydrogen-bond donors (Lipinski definition) is 1. The molecule has 0 spiro atoms. The van der Waals surface area contributed by atoms with Crippen molar-refractivity contribution < 1.29 is 14.2 Å². The Morgan fingerprint density at radius 1 is 0.958 bits per heavy atom. The largest absolute Gasteiger partial charge is 0.493 e. The zero-order valence-corrected chi connectivity index (χ0v) is 15.3. The highest BCUT2D eigenvalue weighted by atomic mass is 35.5. The van der Waals surface area contributed by atoms with Crippen molar-refractivity contribution in [3.8, 4) is 11.5 Å². The third kappa shape index (κ3) is 6.40. The van der Waals surface area contributed by atoms with E-state index in [4.69, 9.17) is 14.2 Å². The molecule has 0 bridgehead atoms. The van der Waals surface area contributed by atoms with Crippen molar-refractivity contribution in [3.05, 3.63) is 59.2 Å². The lowest BCUT2D eigenvalue weighted by Gasteiger charge is -2.13. The van der Waals surface area contributed by atoms with Gasteiger partial charge in [-0.1, -0.05) is 35.9 Å². The van der Waals surface area contributed by atoms with Crippen molar-refractivity contribution in [2.24, 2.45) is 0 Å². The number of benzene rings is 2. The number of methoxy groups -OCH3 is 2. The van der Waals surface area contributed by atoms with E-state index in [9.17, 15) is 0 Å². The van der Waals surface area contributed by atoms with Crippen molar-refractivity contribution in [2.75, 3.05) is 27.4 Å². The summed E-state index contributed by atoms with van der Waals surface area (Å²) < 4.78 is 16.4. The highest BCUT2D eigenvalue weighted by Gasteiger charge is 2.06. The first-order valence-electron chi connectivity index (χ1n) is 7.78. The van der Waals surface area contributed by atoms with Crippen molar-refractivity contribution in [1.29, 1.82) is 0 Å². The fourth-order valence-electron chi connectivity index (χ4n) is 2.31. The molecule has 1 N–H and O–H groups in total. The number of aryl methyl sites for hydroxylation is 1. The molecular weight excluding hydrogens is 326 g/mol. The Bertz CT molecular complexity index is 619. The molecule has 2 aromatic carbocycles. The first-order chi connectivity index (χ1) is 11.2. The molecule has 0 heterocycles. The lowest BCUT2D eigenvalue weighted by Crippen LogP contribution is -2.18. The van der Waals surface area contributed by atoms with Gasteiger partial charge in [0.1, 0.15) is 6.61 Å². The van der Waals surface area contributed by atoms with E-state index in [1.54, 1.807) is 14.2 Å². The predicted octanol–water partition coefficient (Wildman–Crippen LogP) is 3.74. The second-order valence-corrected chi connectivity index (χ2v) is 5.43. The highest BCUT2D eigenvalue weighted by molar-refractivity contribution is 5.85. The summed E-state index contributed by atoms with van der Waals surface area (Å²) in [7, 11) is 3.36. The van der Waals surface area contributed by atoms with E-state index >= 15 is 0 Å². The zero-order chi connectivity index (χ0) is 16.5. The van der Waals surface area contributed by atoms with Gasteiger partial charge in [-0.2, -0.15) is 0 Å². The van der Waals surface area contributed by atoms with Gasteiger partial charge in [-0.05, 0) is 30.2 Å². The molecule has 0 amide bonds. The number of hydrogen-bond acceptors (Lipinski definition) is 4. The standard InChI is InChI=1S/C19H25NO3.ClH/c1-15-5-4-6-17(11-15)14-23-18-8-7-16(12-19(18)22-3)13-20-9-10-21-2;/h4-8,11-12,20H,9-10,13-14H2,1-3H3;1H. The molecule has 2 aromatic rings. The van der Waals surface area contributed by atoms with Gasteiger partial charge in [0, 0.05) is 20.2 Å². The van der Waals surface area contributed by atoms with Crippen LogP contribution in [0.2, 0.25) is 0 Å². The molecule has 0 atom stereocenters. The summed E-state index contributed by atoms with van der Waals surface area (Å²) >= 11 is 0. The number of rotatable bonds is 9. The number of ether oxygens (including phenoxy) is 3. The van der Waals surface area contributed by atoms with Crippen molar-refractivity contribution >= 4 is 12.4 Å². The van der Waals surface area contributed by atoms with Gasteiger partial charge in [-0.15, -0.1) is 12.4 Å². The second-order valence-electron chi connectivity index (χ2n) is 5.43. The molecule has 0 saturated carbocycles. The second kappa shape index (κ2) is 10.9. The van der Waals surface area contributed by atoms with Crippen LogP contribution in [0.25, 0.3) is 0 Å². The maximum absolute atomic E-state index is 5.90. The summed E-state index contributed by atoms with van der Waals surface area (Å²) in [6.07, 6.45) is 0. The Balaban J connectivity index is 0.00000288. The minimum Gasteiger partial charge on any atom is -0.493 e. The predicted molar refractivity (Wildman–Crippen MR) is 99.3 cm³/mol. The molecule has 0 aliphatic heterocycles. The summed E-state index contributed by atoms with van der Waals surface area (Å²) in [6, 6.07) is 14.3. The molecule has 0 saturated heterocycles. The molecule has 24 heavy (non-hydrogen) atoms. The summed E-state index contributed by atoms with van der Waals surface area (Å²) in [5.74, 6) is 1.51. The Morgan fingerprint density at radius 2 is 1.79 bits per heavy atom. The molecule has 2 rings (SSSR count). The lowest BCUT2D eigenvalue weighted by atomic mass is 10.1. The fraction of sp³-hybridized carbons (Fsp3) is 0.368. The van der Waals surface area contributed by atoms with Crippen LogP contribution in [-0.2, 0) is 17.9 Å². The van der Waals surface area contributed by atoms with Crippen LogP contribution in [0.5, 0.6) is 11.5 Å². The molecule has 0 radical (unpaired) electrons. The van der Waals surface area contributed by atoms with Crippen LogP contribution in [0.3, 0.4) is 0 Å². The average molecular weight is 352 g/mol. The summed E-state index contributed by atoms with van der Waals surface area (Å²) in [6.45, 7) is 4.91. The summed E-state index contributed by atoms with van der Waals surface area (Å²) in [5, 5.41) is 3.32. The Kier molecular flexibility index (Phi) is 9.23. The zero-order valence-electron chi connectivity index (χ0n) is 14.5. The molecule has 5 heteroatoms. The van der Waals surface area contributed by atoms with E-state index in [1.807, 2.05) is 24.3 Å². The molecule has 0 unspecified atom stereocenters. The van der Waals surface area contributed by atoms with Crippen LogP contribution in [-0.4, -0.2) is 27.4 Å². The Labute approximate surface area is 150 Å². The monoisotopic (exact) mass is 351 g/mol. The molecule has 132 valence electrons. The van der Waals surface area contributed by atoms with E-state index in [-0.39, 0.29) is 12.4 Å². The van der Waals surface area contributed by atoms with Gasteiger partial charge in [0.05, 0.1) is 13.7 Å². The number of nitrogens with one attached hydrogen (secondary N) is 1. The van der Waals surface area contributed by atoms with E-state index in [1.165, 1.54) is 5.56 Å². The first-order valence-corrected chi connectivity index (χ1v) is 7.78. The van der Waals surface area contributed by atoms with Gasteiger partial charge >= 0.3 is 0 Å². The van der Waals surface area contributed by atoms with Gasteiger partial charge in [0.25, 0.3) is 0 Å².